The highest BCUT2D eigenvalue weighted by atomic mass is 16.5. The van der Waals surface area contributed by atoms with Crippen molar-refractivity contribution in [2.24, 2.45) is 0 Å². The van der Waals surface area contributed by atoms with Crippen LogP contribution in [-0.4, -0.2) is 44.8 Å². The number of aryl methyl sites for hydroxylation is 1. The molecule has 0 heterocycles. The van der Waals surface area contributed by atoms with Crippen molar-refractivity contribution in [3.8, 4) is 0 Å². The molecule has 0 N–H and O–H groups in total. The van der Waals surface area contributed by atoms with E-state index < -0.39 is 35.0 Å². The molecule has 0 bridgehead atoms. The van der Waals surface area contributed by atoms with Crippen LogP contribution in [0.2, 0.25) is 0 Å². The summed E-state index contributed by atoms with van der Waals surface area (Å²) in [4.78, 5) is 53.9. The zero-order valence-corrected chi connectivity index (χ0v) is 17.5. The molecule has 7 heteroatoms. The van der Waals surface area contributed by atoms with E-state index in [0.717, 1.165) is 19.8 Å². The van der Waals surface area contributed by atoms with Gasteiger partial charge >= 0.3 is 11.9 Å². The highest BCUT2D eigenvalue weighted by Crippen LogP contribution is 2.52. The average molecular weight is 420 g/mol. The fraction of sp³-hybridized carbons (Fsp3) is 0.250. The fourth-order valence-corrected chi connectivity index (χ4v) is 4.59. The summed E-state index contributed by atoms with van der Waals surface area (Å²) in [6.07, 6.45) is -0.946. The van der Waals surface area contributed by atoms with E-state index in [1.165, 1.54) is 19.2 Å². The predicted octanol–water partition coefficient (Wildman–Crippen LogP) is 2.66. The van der Waals surface area contributed by atoms with Crippen LogP contribution in [0.1, 0.15) is 43.5 Å². The van der Waals surface area contributed by atoms with Crippen LogP contribution in [0.4, 0.5) is 0 Å². The van der Waals surface area contributed by atoms with Gasteiger partial charge in [0.05, 0.1) is 14.2 Å². The summed E-state index contributed by atoms with van der Waals surface area (Å²) >= 11 is 0. The smallest absolute Gasteiger partial charge is 0.332 e. The second kappa shape index (κ2) is 7.28. The number of hydrogen-bond acceptors (Lipinski definition) is 7. The van der Waals surface area contributed by atoms with E-state index in [4.69, 9.17) is 14.2 Å². The van der Waals surface area contributed by atoms with Crippen LogP contribution in [0.15, 0.2) is 53.6 Å². The lowest BCUT2D eigenvalue weighted by atomic mass is 9.60. The van der Waals surface area contributed by atoms with Gasteiger partial charge in [-0.05, 0) is 18.1 Å². The van der Waals surface area contributed by atoms with Crippen LogP contribution in [0.3, 0.4) is 0 Å². The first kappa shape index (κ1) is 20.7. The molecule has 158 valence electrons. The van der Waals surface area contributed by atoms with E-state index in [0.29, 0.717) is 5.56 Å². The van der Waals surface area contributed by atoms with Gasteiger partial charge in [-0.15, -0.1) is 0 Å². The van der Waals surface area contributed by atoms with Crippen LogP contribution in [0.5, 0.6) is 0 Å². The molecule has 0 saturated carbocycles. The fourth-order valence-electron chi connectivity index (χ4n) is 4.59. The summed E-state index contributed by atoms with van der Waals surface area (Å²) in [5.41, 5.74) is -0.930. The Kier molecular flexibility index (Phi) is 4.86. The van der Waals surface area contributed by atoms with Crippen LogP contribution >= 0.6 is 0 Å². The molecular formula is C24H20O7. The number of methoxy groups -OCH3 is 3. The summed E-state index contributed by atoms with van der Waals surface area (Å²) in [6, 6.07) is 11.4. The van der Waals surface area contributed by atoms with Gasteiger partial charge < -0.3 is 14.2 Å². The Bertz CT molecular complexity index is 1170. The second-order valence-electron chi connectivity index (χ2n) is 7.43. The first-order chi connectivity index (χ1) is 14.8. The van der Waals surface area contributed by atoms with E-state index >= 15 is 0 Å². The molecule has 7 nitrogen and oxygen atoms in total. The molecule has 2 aliphatic carbocycles. The molecule has 2 aromatic carbocycles. The lowest BCUT2D eigenvalue weighted by Crippen LogP contribution is -2.54. The maximum Gasteiger partial charge on any atom is 0.332 e. The average Bonchev–Trinajstić information content (AvgIpc) is 2.79. The standard InChI is InChI=1S/C24H20O7/c1-12-9-10-15-16(11-12)24(22(27)30-3,23(28)31-4)18-17(21(15)29-2)19(25)13-7-5-6-8-14(13)20(18)26/h5-11,21H,1-4H3. The van der Waals surface area contributed by atoms with Crippen molar-refractivity contribution in [3.05, 3.63) is 81.4 Å². The number of fused-ring (bicyclic) bond motifs is 2. The van der Waals surface area contributed by atoms with Crippen molar-refractivity contribution < 1.29 is 33.4 Å². The van der Waals surface area contributed by atoms with Gasteiger partial charge in [0.1, 0.15) is 6.10 Å². The van der Waals surface area contributed by atoms with Crippen molar-refractivity contribution >= 4 is 23.5 Å². The molecule has 1 atom stereocenters. The van der Waals surface area contributed by atoms with E-state index in [9.17, 15) is 19.2 Å². The first-order valence-corrected chi connectivity index (χ1v) is 9.58. The summed E-state index contributed by atoms with van der Waals surface area (Å²) < 4.78 is 15.7. The summed E-state index contributed by atoms with van der Waals surface area (Å²) in [7, 11) is 3.64. The van der Waals surface area contributed by atoms with Crippen molar-refractivity contribution in [3.63, 3.8) is 0 Å². The van der Waals surface area contributed by atoms with Crippen LogP contribution in [0.25, 0.3) is 0 Å². The Balaban J connectivity index is 2.22. The van der Waals surface area contributed by atoms with Crippen molar-refractivity contribution in [2.75, 3.05) is 21.3 Å². The lowest BCUT2D eigenvalue weighted by molar-refractivity contribution is -0.159. The van der Waals surface area contributed by atoms with Crippen LogP contribution in [-0.2, 0) is 29.2 Å². The van der Waals surface area contributed by atoms with Gasteiger partial charge in [-0.1, -0.05) is 48.0 Å². The number of rotatable bonds is 3. The molecule has 4 rings (SSSR count). The maximum atomic E-state index is 13.7. The minimum Gasteiger partial charge on any atom is -0.468 e. The monoisotopic (exact) mass is 420 g/mol. The van der Waals surface area contributed by atoms with Crippen LogP contribution < -0.4 is 0 Å². The molecule has 0 spiro atoms. The molecule has 2 aliphatic rings. The molecule has 0 aliphatic heterocycles. The van der Waals surface area contributed by atoms with E-state index in [1.807, 2.05) is 0 Å². The number of Topliss-reactive ketones (excluding diaryl/α,β-unsaturated/α-hetero) is 2. The van der Waals surface area contributed by atoms with Crippen LogP contribution in [0, 0.1) is 6.92 Å². The number of hydrogen-bond donors (Lipinski definition) is 0. The van der Waals surface area contributed by atoms with Crippen molar-refractivity contribution in [1.29, 1.82) is 0 Å². The number of carbonyl (C=O) groups excluding carboxylic acids is 4. The number of ketones is 2. The first-order valence-electron chi connectivity index (χ1n) is 9.58. The topological polar surface area (TPSA) is 96.0 Å². The van der Waals surface area contributed by atoms with E-state index in [1.54, 1.807) is 37.3 Å². The van der Waals surface area contributed by atoms with E-state index in [2.05, 4.69) is 0 Å². The largest absolute Gasteiger partial charge is 0.468 e. The molecule has 0 fully saturated rings. The Morgan fingerprint density at radius 2 is 1.45 bits per heavy atom. The lowest BCUT2D eigenvalue weighted by Gasteiger charge is -2.41. The zero-order chi connectivity index (χ0) is 22.5. The summed E-state index contributed by atoms with van der Waals surface area (Å²) in [5.74, 6) is -3.11. The molecule has 0 amide bonds. The Morgan fingerprint density at radius 3 is 2.00 bits per heavy atom. The normalized spacial score (nSPS) is 18.6. The van der Waals surface area contributed by atoms with E-state index in [-0.39, 0.29) is 27.8 Å². The maximum absolute atomic E-state index is 13.7. The van der Waals surface area contributed by atoms with Gasteiger partial charge in [-0.25, -0.2) is 0 Å². The number of carbonyl (C=O) groups is 4. The highest BCUT2D eigenvalue weighted by molar-refractivity contribution is 6.33. The summed E-state index contributed by atoms with van der Waals surface area (Å²) in [5, 5.41) is 0. The summed E-state index contributed by atoms with van der Waals surface area (Å²) in [6.45, 7) is 1.79. The van der Waals surface area contributed by atoms with Crippen molar-refractivity contribution in [1.82, 2.24) is 0 Å². The van der Waals surface area contributed by atoms with Gasteiger partial charge in [0.25, 0.3) is 0 Å². The Morgan fingerprint density at radius 1 is 0.871 bits per heavy atom. The third-order valence-electron chi connectivity index (χ3n) is 5.91. The second-order valence-corrected chi connectivity index (χ2v) is 7.43. The van der Waals surface area contributed by atoms with Gasteiger partial charge in [0, 0.05) is 29.4 Å². The molecule has 1 unspecified atom stereocenters. The highest BCUT2D eigenvalue weighted by Gasteiger charge is 2.62. The molecule has 0 radical (unpaired) electrons. The van der Waals surface area contributed by atoms with Gasteiger partial charge in [0.2, 0.25) is 5.41 Å². The molecular weight excluding hydrogens is 400 g/mol. The Hall–Kier alpha value is -3.58. The van der Waals surface area contributed by atoms with Gasteiger partial charge in [0.15, 0.2) is 11.6 Å². The number of esters is 2. The molecule has 31 heavy (non-hydrogen) atoms. The van der Waals surface area contributed by atoms with Gasteiger partial charge in [-0.2, -0.15) is 0 Å². The zero-order valence-electron chi connectivity index (χ0n) is 17.5. The predicted molar refractivity (Wildman–Crippen MR) is 109 cm³/mol. The third kappa shape index (κ3) is 2.56. The Labute approximate surface area is 178 Å². The minimum absolute atomic E-state index is 0.0571. The number of ether oxygens (including phenoxy) is 3. The molecule has 0 aromatic heterocycles. The molecule has 2 aromatic rings. The molecule has 0 saturated heterocycles. The quantitative estimate of drug-likeness (QED) is 0.556. The SMILES string of the molecule is COC(=O)C1(C(=O)OC)C2=C(C(=O)c3ccccc3C2=O)C(OC)c2ccc(C)cc21. The minimum atomic E-state index is -2.25. The van der Waals surface area contributed by atoms with Gasteiger partial charge in [-0.3, -0.25) is 19.2 Å². The third-order valence-corrected chi connectivity index (χ3v) is 5.91. The number of benzene rings is 2. The van der Waals surface area contributed by atoms with Crippen molar-refractivity contribution in [2.45, 2.75) is 18.4 Å².